The molecule has 1 aliphatic heterocycles. The zero-order chi connectivity index (χ0) is 20.3. The summed E-state index contributed by atoms with van der Waals surface area (Å²) in [5.74, 6) is 0. The quantitative estimate of drug-likeness (QED) is 0.512. The standard InChI is InChI=1S/C22H23N7O/c1-17-4-2-7-21(22(17)29-25-10-11-26-29)27-12-13-30-16-20(27)15-18-5-3-6-19(14-18)28-23-8-9-24-28/h2-11,14,20H,12-13,15-16H2,1H3/t20-/m1/s1. The van der Waals surface area contributed by atoms with E-state index in [1.54, 1.807) is 34.4 Å². The minimum Gasteiger partial charge on any atom is -0.377 e. The number of para-hydroxylation sites is 1. The molecule has 0 unspecified atom stereocenters. The molecule has 2 aromatic heterocycles. The van der Waals surface area contributed by atoms with E-state index < -0.39 is 0 Å². The molecule has 5 rings (SSSR count). The molecule has 8 nitrogen and oxygen atoms in total. The third kappa shape index (κ3) is 3.57. The van der Waals surface area contributed by atoms with Crippen LogP contribution in [0.3, 0.4) is 0 Å². The molecule has 4 aromatic rings. The number of anilines is 1. The topological polar surface area (TPSA) is 73.9 Å². The van der Waals surface area contributed by atoms with Gasteiger partial charge in [0.15, 0.2) is 0 Å². The van der Waals surface area contributed by atoms with Crippen molar-refractivity contribution in [2.45, 2.75) is 19.4 Å². The highest BCUT2D eigenvalue weighted by Crippen LogP contribution is 2.30. The highest BCUT2D eigenvalue weighted by Gasteiger charge is 2.27. The Kier molecular flexibility index (Phi) is 4.98. The van der Waals surface area contributed by atoms with Crippen LogP contribution >= 0.6 is 0 Å². The van der Waals surface area contributed by atoms with Crippen LogP contribution in [0.25, 0.3) is 11.4 Å². The zero-order valence-electron chi connectivity index (χ0n) is 16.8. The van der Waals surface area contributed by atoms with Crippen LogP contribution < -0.4 is 4.90 Å². The van der Waals surface area contributed by atoms with Crippen molar-refractivity contribution >= 4 is 5.69 Å². The van der Waals surface area contributed by atoms with Gasteiger partial charge in [-0.2, -0.15) is 25.2 Å². The summed E-state index contributed by atoms with van der Waals surface area (Å²) in [7, 11) is 0. The third-order valence-corrected chi connectivity index (χ3v) is 5.40. The summed E-state index contributed by atoms with van der Waals surface area (Å²) >= 11 is 0. The van der Waals surface area contributed by atoms with Crippen molar-refractivity contribution in [3.8, 4) is 11.4 Å². The van der Waals surface area contributed by atoms with Gasteiger partial charge in [0.25, 0.3) is 0 Å². The molecule has 0 radical (unpaired) electrons. The van der Waals surface area contributed by atoms with Crippen molar-refractivity contribution in [2.24, 2.45) is 0 Å². The number of nitrogens with zero attached hydrogens (tertiary/aromatic N) is 7. The van der Waals surface area contributed by atoms with Crippen LogP contribution in [0, 0.1) is 6.92 Å². The molecular formula is C22H23N7O. The fraction of sp³-hybridized carbons (Fsp3) is 0.273. The molecule has 1 saturated heterocycles. The highest BCUT2D eigenvalue weighted by molar-refractivity contribution is 5.66. The average Bonchev–Trinajstić information content (AvgIpc) is 3.49. The van der Waals surface area contributed by atoms with E-state index in [-0.39, 0.29) is 6.04 Å². The van der Waals surface area contributed by atoms with Crippen molar-refractivity contribution in [3.05, 3.63) is 78.4 Å². The van der Waals surface area contributed by atoms with Gasteiger partial charge in [-0.1, -0.05) is 24.3 Å². The predicted octanol–water partition coefficient (Wildman–Crippen LogP) is 2.60. The van der Waals surface area contributed by atoms with Crippen molar-refractivity contribution in [1.29, 1.82) is 0 Å². The molecule has 30 heavy (non-hydrogen) atoms. The Balaban J connectivity index is 1.47. The molecule has 1 aliphatic rings. The average molecular weight is 401 g/mol. The number of ether oxygens (including phenoxy) is 1. The molecule has 3 heterocycles. The van der Waals surface area contributed by atoms with Crippen molar-refractivity contribution in [1.82, 2.24) is 30.0 Å². The lowest BCUT2D eigenvalue weighted by molar-refractivity contribution is 0.0940. The molecule has 152 valence electrons. The fourth-order valence-corrected chi connectivity index (χ4v) is 4.04. The van der Waals surface area contributed by atoms with Crippen molar-refractivity contribution in [3.63, 3.8) is 0 Å². The van der Waals surface area contributed by atoms with Crippen LogP contribution in [0.1, 0.15) is 11.1 Å². The maximum Gasteiger partial charge on any atom is 0.112 e. The molecule has 0 bridgehead atoms. The smallest absolute Gasteiger partial charge is 0.112 e. The van der Waals surface area contributed by atoms with Crippen LogP contribution in [0.4, 0.5) is 5.69 Å². The lowest BCUT2D eigenvalue weighted by Gasteiger charge is -2.38. The van der Waals surface area contributed by atoms with Crippen LogP contribution in [0.2, 0.25) is 0 Å². The molecular weight excluding hydrogens is 378 g/mol. The minimum atomic E-state index is 0.204. The molecule has 0 N–H and O–H groups in total. The number of hydrogen-bond donors (Lipinski definition) is 0. The van der Waals surface area contributed by atoms with E-state index in [9.17, 15) is 0 Å². The molecule has 1 fully saturated rings. The lowest BCUT2D eigenvalue weighted by atomic mass is 10.0. The minimum absolute atomic E-state index is 0.204. The normalized spacial score (nSPS) is 16.7. The van der Waals surface area contributed by atoms with Gasteiger partial charge in [0.05, 0.1) is 55.4 Å². The number of benzene rings is 2. The van der Waals surface area contributed by atoms with Gasteiger partial charge in [0, 0.05) is 6.54 Å². The van der Waals surface area contributed by atoms with Gasteiger partial charge < -0.3 is 9.64 Å². The molecule has 8 heteroatoms. The van der Waals surface area contributed by atoms with Crippen LogP contribution in [0.15, 0.2) is 67.3 Å². The Morgan fingerprint density at radius 3 is 2.47 bits per heavy atom. The second-order valence-corrected chi connectivity index (χ2v) is 7.38. The molecule has 0 aliphatic carbocycles. The number of aryl methyl sites for hydroxylation is 1. The molecule has 0 spiro atoms. The maximum absolute atomic E-state index is 5.86. The Labute approximate surface area is 174 Å². The third-order valence-electron chi connectivity index (χ3n) is 5.40. The molecule has 1 atom stereocenters. The summed E-state index contributed by atoms with van der Waals surface area (Å²) in [4.78, 5) is 5.77. The van der Waals surface area contributed by atoms with Gasteiger partial charge in [0.1, 0.15) is 5.69 Å². The SMILES string of the molecule is Cc1cccc(N2CCOC[C@H]2Cc2cccc(-n3nccn3)c2)c1-n1nccn1. The second-order valence-electron chi connectivity index (χ2n) is 7.38. The molecule has 0 saturated carbocycles. The number of hydrogen-bond acceptors (Lipinski definition) is 6. The summed E-state index contributed by atoms with van der Waals surface area (Å²) in [6.45, 7) is 4.29. The highest BCUT2D eigenvalue weighted by atomic mass is 16.5. The van der Waals surface area contributed by atoms with Gasteiger partial charge in [-0.3, -0.25) is 0 Å². The van der Waals surface area contributed by atoms with Gasteiger partial charge >= 0.3 is 0 Å². The van der Waals surface area contributed by atoms with E-state index in [1.807, 2.05) is 12.1 Å². The first-order valence-corrected chi connectivity index (χ1v) is 10.1. The number of rotatable bonds is 5. The second kappa shape index (κ2) is 8.08. The van der Waals surface area contributed by atoms with Gasteiger partial charge in [-0.25, -0.2) is 0 Å². The zero-order valence-corrected chi connectivity index (χ0v) is 16.8. The van der Waals surface area contributed by atoms with E-state index in [0.29, 0.717) is 13.2 Å². The summed E-state index contributed by atoms with van der Waals surface area (Å²) in [6, 6.07) is 14.9. The van der Waals surface area contributed by atoms with Gasteiger partial charge in [0.2, 0.25) is 0 Å². The number of morpholine rings is 1. The predicted molar refractivity (Wildman–Crippen MR) is 113 cm³/mol. The maximum atomic E-state index is 5.86. The van der Waals surface area contributed by atoms with E-state index in [0.717, 1.165) is 35.6 Å². The van der Waals surface area contributed by atoms with Crippen molar-refractivity contribution < 1.29 is 4.74 Å². The van der Waals surface area contributed by atoms with Gasteiger partial charge in [-0.15, -0.1) is 4.80 Å². The monoisotopic (exact) mass is 401 g/mol. The van der Waals surface area contributed by atoms with Gasteiger partial charge in [-0.05, 0) is 42.7 Å². The largest absolute Gasteiger partial charge is 0.377 e. The first-order chi connectivity index (χ1) is 14.8. The van der Waals surface area contributed by atoms with E-state index >= 15 is 0 Å². The van der Waals surface area contributed by atoms with Crippen LogP contribution in [0.5, 0.6) is 0 Å². The van der Waals surface area contributed by atoms with E-state index in [1.165, 1.54) is 5.56 Å². The summed E-state index contributed by atoms with van der Waals surface area (Å²) in [6.07, 6.45) is 7.65. The summed E-state index contributed by atoms with van der Waals surface area (Å²) < 4.78 is 5.86. The Morgan fingerprint density at radius 1 is 0.933 bits per heavy atom. The first kappa shape index (κ1) is 18.5. The molecule has 2 aromatic carbocycles. The van der Waals surface area contributed by atoms with Crippen LogP contribution in [-0.4, -0.2) is 55.8 Å². The Bertz CT molecular complexity index is 1110. The van der Waals surface area contributed by atoms with Crippen LogP contribution in [-0.2, 0) is 11.2 Å². The first-order valence-electron chi connectivity index (χ1n) is 10.1. The van der Waals surface area contributed by atoms with E-state index in [4.69, 9.17) is 4.74 Å². The van der Waals surface area contributed by atoms with Crippen molar-refractivity contribution in [2.75, 3.05) is 24.7 Å². The fourth-order valence-electron chi connectivity index (χ4n) is 4.04. The Hall–Kier alpha value is -3.52. The Morgan fingerprint density at radius 2 is 1.67 bits per heavy atom. The lowest BCUT2D eigenvalue weighted by Crippen LogP contribution is -2.47. The molecule has 0 amide bonds. The summed E-state index contributed by atoms with van der Waals surface area (Å²) in [5, 5.41) is 17.2. The van der Waals surface area contributed by atoms with E-state index in [2.05, 4.69) is 62.6 Å². The summed E-state index contributed by atoms with van der Waals surface area (Å²) in [5.41, 5.74) is 5.46. The number of aromatic nitrogens is 6.